The van der Waals surface area contributed by atoms with Crippen LogP contribution in [0.2, 0.25) is 0 Å². The number of hydrogen-bond acceptors (Lipinski definition) is 4. The molecule has 4 nitrogen and oxygen atoms in total. The van der Waals surface area contributed by atoms with Crippen molar-refractivity contribution in [2.75, 3.05) is 16.9 Å². The van der Waals surface area contributed by atoms with Crippen molar-refractivity contribution in [3.63, 3.8) is 0 Å². The molecule has 1 fully saturated rings. The SMILES string of the molecule is CCC1CCCCN1c1cc(C(F)(F)F)cc(NN)n1. The number of pyridine rings is 1. The van der Waals surface area contributed by atoms with Crippen LogP contribution in [-0.2, 0) is 6.18 Å². The van der Waals surface area contributed by atoms with Crippen molar-refractivity contribution in [1.29, 1.82) is 0 Å². The third-order valence-electron chi connectivity index (χ3n) is 3.68. The summed E-state index contributed by atoms with van der Waals surface area (Å²) in [4.78, 5) is 6.14. The Morgan fingerprint density at radius 1 is 1.40 bits per heavy atom. The standard InChI is InChI=1S/C13H19F3N4/c1-2-10-5-3-4-6-20(10)12-8-9(13(14,15)16)7-11(18-12)19-17/h7-8,10H,2-6,17H2,1H3,(H,18,19). The van der Waals surface area contributed by atoms with Gasteiger partial charge in [-0.1, -0.05) is 6.92 Å². The molecule has 0 amide bonds. The molecular formula is C13H19F3N4. The Balaban J connectivity index is 2.39. The average molecular weight is 288 g/mol. The number of nitrogens with zero attached hydrogens (tertiary/aromatic N) is 2. The smallest absolute Gasteiger partial charge is 0.354 e. The minimum atomic E-state index is -4.40. The minimum Gasteiger partial charge on any atom is -0.354 e. The van der Waals surface area contributed by atoms with Crippen molar-refractivity contribution < 1.29 is 13.2 Å². The second kappa shape index (κ2) is 5.87. The molecule has 1 aliphatic heterocycles. The lowest BCUT2D eigenvalue weighted by Crippen LogP contribution is -2.40. The highest BCUT2D eigenvalue weighted by molar-refractivity contribution is 5.51. The van der Waals surface area contributed by atoms with Gasteiger partial charge in [-0.2, -0.15) is 13.2 Å². The van der Waals surface area contributed by atoms with E-state index < -0.39 is 11.7 Å². The number of piperidine rings is 1. The molecule has 3 N–H and O–H groups in total. The predicted octanol–water partition coefficient (Wildman–Crippen LogP) is 3.15. The molecule has 0 aliphatic carbocycles. The zero-order chi connectivity index (χ0) is 14.8. The highest BCUT2D eigenvalue weighted by Gasteiger charge is 2.33. The van der Waals surface area contributed by atoms with Crippen LogP contribution in [0.1, 0.15) is 38.2 Å². The topological polar surface area (TPSA) is 54.2 Å². The highest BCUT2D eigenvalue weighted by Crippen LogP contribution is 2.34. The largest absolute Gasteiger partial charge is 0.416 e. The van der Waals surface area contributed by atoms with Crippen molar-refractivity contribution in [3.05, 3.63) is 17.7 Å². The number of alkyl halides is 3. The lowest BCUT2D eigenvalue weighted by molar-refractivity contribution is -0.137. The van der Waals surface area contributed by atoms with E-state index in [1.54, 1.807) is 0 Å². The van der Waals surface area contributed by atoms with E-state index in [0.717, 1.165) is 44.4 Å². The summed E-state index contributed by atoms with van der Waals surface area (Å²) in [5.41, 5.74) is 1.49. The van der Waals surface area contributed by atoms with E-state index >= 15 is 0 Å². The first kappa shape index (κ1) is 14.9. The second-order valence-electron chi connectivity index (χ2n) is 4.99. The first-order chi connectivity index (χ1) is 9.45. The number of aromatic nitrogens is 1. The summed E-state index contributed by atoms with van der Waals surface area (Å²) in [7, 11) is 0. The lowest BCUT2D eigenvalue weighted by atomic mass is 10.00. The van der Waals surface area contributed by atoms with Gasteiger partial charge in [0, 0.05) is 12.6 Å². The predicted molar refractivity (Wildman–Crippen MR) is 72.3 cm³/mol. The number of nitrogen functional groups attached to an aromatic ring is 1. The van der Waals surface area contributed by atoms with Crippen LogP contribution in [0.4, 0.5) is 24.8 Å². The molecule has 7 heteroatoms. The number of halogens is 3. The van der Waals surface area contributed by atoms with Crippen molar-refractivity contribution in [2.45, 2.75) is 44.8 Å². The van der Waals surface area contributed by atoms with E-state index in [4.69, 9.17) is 5.84 Å². The van der Waals surface area contributed by atoms with Crippen molar-refractivity contribution in [1.82, 2.24) is 4.98 Å². The maximum absolute atomic E-state index is 12.9. The number of hydrazine groups is 1. The molecule has 0 saturated carbocycles. The summed E-state index contributed by atoms with van der Waals surface area (Å²) < 4.78 is 38.7. The number of hydrogen-bond donors (Lipinski definition) is 2. The third kappa shape index (κ3) is 3.15. The second-order valence-corrected chi connectivity index (χ2v) is 4.99. The van der Waals surface area contributed by atoms with E-state index in [1.807, 2.05) is 11.8 Å². The summed E-state index contributed by atoms with van der Waals surface area (Å²) in [5.74, 6) is 5.61. The van der Waals surface area contributed by atoms with Crippen LogP contribution in [0.15, 0.2) is 12.1 Å². The molecule has 0 spiro atoms. The molecule has 20 heavy (non-hydrogen) atoms. The Hall–Kier alpha value is -1.50. The average Bonchev–Trinajstić information content (AvgIpc) is 2.45. The van der Waals surface area contributed by atoms with E-state index in [2.05, 4.69) is 10.4 Å². The Morgan fingerprint density at radius 2 is 2.15 bits per heavy atom. The van der Waals surface area contributed by atoms with Crippen LogP contribution in [0, 0.1) is 0 Å². The van der Waals surface area contributed by atoms with Crippen LogP contribution in [0.25, 0.3) is 0 Å². The van der Waals surface area contributed by atoms with E-state index in [1.165, 1.54) is 0 Å². The molecule has 1 aliphatic rings. The van der Waals surface area contributed by atoms with Gasteiger partial charge in [-0.05, 0) is 37.8 Å². The van der Waals surface area contributed by atoms with Crippen LogP contribution in [0.3, 0.4) is 0 Å². The molecule has 2 rings (SSSR count). The molecule has 1 aromatic heterocycles. The summed E-state index contributed by atoms with van der Waals surface area (Å²) in [5, 5.41) is 0. The molecule has 1 atom stereocenters. The van der Waals surface area contributed by atoms with Gasteiger partial charge in [0.1, 0.15) is 11.6 Å². The monoisotopic (exact) mass is 288 g/mol. The molecule has 0 radical (unpaired) electrons. The molecule has 1 unspecified atom stereocenters. The molecule has 1 saturated heterocycles. The van der Waals surface area contributed by atoms with Gasteiger partial charge in [-0.3, -0.25) is 0 Å². The van der Waals surface area contributed by atoms with Gasteiger partial charge < -0.3 is 10.3 Å². The fourth-order valence-corrected chi connectivity index (χ4v) is 2.63. The summed E-state index contributed by atoms with van der Waals surface area (Å²) in [6.45, 7) is 2.77. The number of nitrogens with two attached hydrogens (primary N) is 1. The van der Waals surface area contributed by atoms with E-state index in [-0.39, 0.29) is 11.9 Å². The van der Waals surface area contributed by atoms with Gasteiger partial charge in [0.15, 0.2) is 0 Å². The van der Waals surface area contributed by atoms with Gasteiger partial charge in [0.2, 0.25) is 0 Å². The Kier molecular flexibility index (Phi) is 4.37. The first-order valence-corrected chi connectivity index (χ1v) is 6.78. The highest BCUT2D eigenvalue weighted by atomic mass is 19.4. The van der Waals surface area contributed by atoms with Gasteiger partial charge in [-0.25, -0.2) is 10.8 Å². The zero-order valence-electron chi connectivity index (χ0n) is 11.4. The van der Waals surface area contributed by atoms with Gasteiger partial charge in [0.05, 0.1) is 5.56 Å². The molecule has 0 aromatic carbocycles. The molecule has 112 valence electrons. The summed E-state index contributed by atoms with van der Waals surface area (Å²) >= 11 is 0. The fourth-order valence-electron chi connectivity index (χ4n) is 2.63. The minimum absolute atomic E-state index is 0.0373. The normalized spacial score (nSPS) is 20.1. The number of anilines is 2. The Bertz CT molecular complexity index is 461. The van der Waals surface area contributed by atoms with Crippen molar-refractivity contribution in [2.24, 2.45) is 5.84 Å². The maximum Gasteiger partial charge on any atom is 0.416 e. The van der Waals surface area contributed by atoms with Gasteiger partial charge in [0.25, 0.3) is 0 Å². The number of rotatable bonds is 3. The van der Waals surface area contributed by atoms with Crippen LogP contribution in [-0.4, -0.2) is 17.6 Å². The van der Waals surface area contributed by atoms with Crippen LogP contribution >= 0.6 is 0 Å². The molecule has 2 heterocycles. The summed E-state index contributed by atoms with van der Waals surface area (Å²) in [6.07, 6.45) is -0.445. The third-order valence-corrected chi connectivity index (χ3v) is 3.68. The van der Waals surface area contributed by atoms with E-state index in [9.17, 15) is 13.2 Å². The van der Waals surface area contributed by atoms with Crippen LogP contribution in [0.5, 0.6) is 0 Å². The molecular weight excluding hydrogens is 269 g/mol. The van der Waals surface area contributed by atoms with E-state index in [0.29, 0.717) is 5.82 Å². The maximum atomic E-state index is 12.9. The Morgan fingerprint density at radius 3 is 2.75 bits per heavy atom. The quantitative estimate of drug-likeness (QED) is 0.662. The zero-order valence-corrected chi connectivity index (χ0v) is 11.4. The lowest BCUT2D eigenvalue weighted by Gasteiger charge is -2.36. The summed E-state index contributed by atoms with van der Waals surface area (Å²) in [6, 6.07) is 2.27. The van der Waals surface area contributed by atoms with Crippen molar-refractivity contribution >= 4 is 11.6 Å². The van der Waals surface area contributed by atoms with Crippen LogP contribution < -0.4 is 16.2 Å². The van der Waals surface area contributed by atoms with Crippen molar-refractivity contribution in [3.8, 4) is 0 Å². The first-order valence-electron chi connectivity index (χ1n) is 6.78. The molecule has 0 bridgehead atoms. The van der Waals surface area contributed by atoms with Gasteiger partial charge in [-0.15, -0.1) is 0 Å². The number of nitrogens with one attached hydrogen (secondary N) is 1. The molecule has 1 aromatic rings. The van der Waals surface area contributed by atoms with Gasteiger partial charge >= 0.3 is 6.18 Å². The fraction of sp³-hybridized carbons (Fsp3) is 0.615. The Labute approximate surface area is 116 Å².